The predicted molar refractivity (Wildman–Crippen MR) is 107 cm³/mol. The van der Waals surface area contributed by atoms with E-state index in [1.54, 1.807) is 42.3 Å². The summed E-state index contributed by atoms with van der Waals surface area (Å²) in [5, 5.41) is 8.34. The number of aromatic nitrogens is 2. The lowest BCUT2D eigenvalue weighted by Crippen LogP contribution is -2.24. The molecule has 0 saturated carbocycles. The molecule has 7 heteroatoms. The molecule has 3 aromatic rings. The number of rotatable bonds is 4. The van der Waals surface area contributed by atoms with E-state index in [9.17, 15) is 14.4 Å². The Bertz CT molecular complexity index is 1140. The van der Waals surface area contributed by atoms with Crippen molar-refractivity contribution in [1.29, 1.82) is 0 Å². The highest BCUT2D eigenvalue weighted by molar-refractivity contribution is 5.98. The van der Waals surface area contributed by atoms with Crippen molar-refractivity contribution in [2.24, 2.45) is 7.05 Å². The van der Waals surface area contributed by atoms with Crippen LogP contribution in [-0.2, 0) is 23.1 Å². The van der Waals surface area contributed by atoms with Gasteiger partial charge in [0.1, 0.15) is 0 Å². The van der Waals surface area contributed by atoms with Gasteiger partial charge in [0.05, 0.1) is 17.5 Å². The molecule has 2 heterocycles. The number of benzene rings is 2. The van der Waals surface area contributed by atoms with Gasteiger partial charge in [-0.25, -0.2) is 4.68 Å². The zero-order valence-electron chi connectivity index (χ0n) is 15.5. The minimum Gasteiger partial charge on any atom is -0.326 e. The SMILES string of the molecule is Cn1nc(CC(=O)Nc2cccc(N3CCCC3=O)c2)c2ccccc2c1=O. The second-order valence-electron chi connectivity index (χ2n) is 6.85. The maximum atomic E-state index is 12.6. The van der Waals surface area contributed by atoms with Crippen LogP contribution < -0.4 is 15.8 Å². The normalized spacial score (nSPS) is 13.9. The second kappa shape index (κ2) is 7.26. The first kappa shape index (κ1) is 17.9. The van der Waals surface area contributed by atoms with E-state index < -0.39 is 0 Å². The van der Waals surface area contributed by atoms with Gasteiger partial charge >= 0.3 is 0 Å². The molecule has 1 saturated heterocycles. The summed E-state index contributed by atoms with van der Waals surface area (Å²) in [6.07, 6.45) is 1.45. The summed E-state index contributed by atoms with van der Waals surface area (Å²) < 4.78 is 1.25. The van der Waals surface area contributed by atoms with Crippen LogP contribution in [0.25, 0.3) is 10.8 Å². The average molecular weight is 376 g/mol. The molecular weight excluding hydrogens is 356 g/mol. The van der Waals surface area contributed by atoms with Gasteiger partial charge in [-0.1, -0.05) is 24.3 Å². The molecular formula is C21H20N4O3. The van der Waals surface area contributed by atoms with Crippen molar-refractivity contribution in [2.75, 3.05) is 16.8 Å². The molecule has 2 amide bonds. The molecule has 142 valence electrons. The largest absolute Gasteiger partial charge is 0.326 e. The number of nitrogens with one attached hydrogen (secondary N) is 1. The minimum atomic E-state index is -0.235. The molecule has 1 fully saturated rings. The summed E-state index contributed by atoms with van der Waals surface area (Å²) in [4.78, 5) is 38.5. The van der Waals surface area contributed by atoms with Crippen LogP contribution in [0.3, 0.4) is 0 Å². The Kier molecular flexibility index (Phi) is 4.65. The third kappa shape index (κ3) is 3.38. The van der Waals surface area contributed by atoms with Gasteiger partial charge < -0.3 is 10.2 Å². The number of anilines is 2. The summed E-state index contributed by atoms with van der Waals surface area (Å²) in [5.74, 6) is -0.134. The van der Waals surface area contributed by atoms with Gasteiger partial charge in [0.2, 0.25) is 11.8 Å². The lowest BCUT2D eigenvalue weighted by Gasteiger charge is -2.17. The van der Waals surface area contributed by atoms with E-state index in [-0.39, 0.29) is 23.8 Å². The highest BCUT2D eigenvalue weighted by Gasteiger charge is 2.22. The number of amides is 2. The Hall–Kier alpha value is -3.48. The first-order valence-corrected chi connectivity index (χ1v) is 9.18. The fourth-order valence-corrected chi connectivity index (χ4v) is 3.54. The van der Waals surface area contributed by atoms with Crippen LogP contribution in [0.4, 0.5) is 11.4 Å². The Balaban J connectivity index is 1.56. The molecule has 0 unspecified atom stereocenters. The quantitative estimate of drug-likeness (QED) is 0.757. The Morgan fingerprint density at radius 3 is 2.64 bits per heavy atom. The van der Waals surface area contributed by atoms with Crippen LogP contribution >= 0.6 is 0 Å². The van der Waals surface area contributed by atoms with Crippen molar-refractivity contribution < 1.29 is 9.59 Å². The van der Waals surface area contributed by atoms with Gasteiger partial charge in [0, 0.05) is 36.8 Å². The standard InChI is InChI=1S/C21H20N4O3/c1-24-21(28)17-9-3-2-8-16(17)18(23-24)13-19(26)22-14-6-4-7-15(12-14)25-11-5-10-20(25)27/h2-4,6-9,12H,5,10-11,13H2,1H3,(H,22,26). The molecule has 1 N–H and O–H groups in total. The molecule has 0 atom stereocenters. The molecule has 2 aromatic carbocycles. The fraction of sp³-hybridized carbons (Fsp3) is 0.238. The highest BCUT2D eigenvalue weighted by Crippen LogP contribution is 2.24. The molecule has 1 aliphatic rings. The van der Waals surface area contributed by atoms with Crippen LogP contribution in [-0.4, -0.2) is 28.1 Å². The van der Waals surface area contributed by atoms with Crippen LogP contribution in [0.5, 0.6) is 0 Å². The van der Waals surface area contributed by atoms with Crippen LogP contribution in [0.2, 0.25) is 0 Å². The zero-order valence-corrected chi connectivity index (χ0v) is 15.5. The lowest BCUT2D eigenvalue weighted by atomic mass is 10.1. The monoisotopic (exact) mass is 376 g/mol. The van der Waals surface area contributed by atoms with Crippen molar-refractivity contribution >= 4 is 34.0 Å². The summed E-state index contributed by atoms with van der Waals surface area (Å²) in [6.45, 7) is 0.699. The number of nitrogens with zero attached hydrogens (tertiary/aromatic N) is 3. The third-order valence-corrected chi connectivity index (χ3v) is 4.88. The van der Waals surface area contributed by atoms with Crippen molar-refractivity contribution in [2.45, 2.75) is 19.3 Å². The smallest absolute Gasteiger partial charge is 0.274 e. The molecule has 0 spiro atoms. The first-order chi connectivity index (χ1) is 13.5. The summed E-state index contributed by atoms with van der Waals surface area (Å²) >= 11 is 0. The summed E-state index contributed by atoms with van der Waals surface area (Å²) in [5.41, 5.74) is 1.76. The molecule has 0 bridgehead atoms. The molecule has 4 rings (SSSR count). The van der Waals surface area contributed by atoms with Gasteiger partial charge in [-0.3, -0.25) is 14.4 Å². The predicted octanol–water partition coefficient (Wildman–Crippen LogP) is 2.24. The molecule has 1 aromatic heterocycles. The molecule has 28 heavy (non-hydrogen) atoms. The van der Waals surface area contributed by atoms with Crippen LogP contribution in [0, 0.1) is 0 Å². The summed E-state index contributed by atoms with van der Waals surface area (Å²) in [7, 11) is 1.58. The van der Waals surface area contributed by atoms with Crippen LogP contribution in [0.1, 0.15) is 18.5 Å². The first-order valence-electron chi connectivity index (χ1n) is 9.18. The van der Waals surface area contributed by atoms with Gasteiger partial charge in [-0.05, 0) is 30.7 Å². The average Bonchev–Trinajstić information content (AvgIpc) is 3.12. The van der Waals surface area contributed by atoms with Crippen molar-refractivity contribution in [3.63, 3.8) is 0 Å². The Morgan fingerprint density at radius 1 is 1.11 bits per heavy atom. The second-order valence-corrected chi connectivity index (χ2v) is 6.85. The number of fused-ring (bicyclic) bond motifs is 1. The molecule has 0 radical (unpaired) electrons. The van der Waals surface area contributed by atoms with E-state index in [0.29, 0.717) is 35.1 Å². The van der Waals surface area contributed by atoms with E-state index in [4.69, 9.17) is 0 Å². The Labute approximate surface area is 161 Å². The van der Waals surface area contributed by atoms with Gasteiger partial charge in [-0.2, -0.15) is 5.10 Å². The topological polar surface area (TPSA) is 84.3 Å². The minimum absolute atomic E-state index is 0.0432. The van der Waals surface area contributed by atoms with E-state index >= 15 is 0 Å². The number of carbonyl (C=O) groups is 2. The third-order valence-electron chi connectivity index (χ3n) is 4.88. The van der Waals surface area contributed by atoms with Gasteiger partial charge in [-0.15, -0.1) is 0 Å². The zero-order chi connectivity index (χ0) is 19.7. The maximum Gasteiger partial charge on any atom is 0.274 e. The van der Waals surface area contributed by atoms with Crippen molar-refractivity contribution in [3.05, 3.63) is 64.6 Å². The molecule has 0 aliphatic carbocycles. The highest BCUT2D eigenvalue weighted by atomic mass is 16.2. The van der Waals surface area contributed by atoms with Crippen molar-refractivity contribution in [3.8, 4) is 0 Å². The Morgan fingerprint density at radius 2 is 1.89 bits per heavy atom. The fourth-order valence-electron chi connectivity index (χ4n) is 3.54. The van der Waals surface area contributed by atoms with E-state index in [1.807, 2.05) is 18.2 Å². The molecule has 1 aliphatic heterocycles. The van der Waals surface area contributed by atoms with E-state index in [1.165, 1.54) is 4.68 Å². The van der Waals surface area contributed by atoms with Gasteiger partial charge in [0.25, 0.3) is 5.56 Å². The van der Waals surface area contributed by atoms with Crippen molar-refractivity contribution in [1.82, 2.24) is 9.78 Å². The number of aryl methyl sites for hydroxylation is 1. The van der Waals surface area contributed by atoms with Gasteiger partial charge in [0.15, 0.2) is 0 Å². The number of hydrogen-bond donors (Lipinski definition) is 1. The maximum absolute atomic E-state index is 12.6. The molecule has 7 nitrogen and oxygen atoms in total. The van der Waals surface area contributed by atoms with Crippen LogP contribution in [0.15, 0.2) is 53.3 Å². The van der Waals surface area contributed by atoms with E-state index in [2.05, 4.69) is 10.4 Å². The number of carbonyl (C=O) groups excluding carboxylic acids is 2. The summed E-state index contributed by atoms with van der Waals surface area (Å²) in [6, 6.07) is 14.4. The number of hydrogen-bond acceptors (Lipinski definition) is 4. The lowest BCUT2D eigenvalue weighted by molar-refractivity contribution is -0.117. The van der Waals surface area contributed by atoms with E-state index in [0.717, 1.165) is 12.1 Å².